The van der Waals surface area contributed by atoms with Crippen LogP contribution in [0.4, 0.5) is 0 Å². The van der Waals surface area contributed by atoms with Crippen LogP contribution in [0.1, 0.15) is 19.4 Å². The van der Waals surface area contributed by atoms with E-state index in [1.807, 2.05) is 30.3 Å². The first-order valence-corrected chi connectivity index (χ1v) is 14.1. The lowest BCUT2D eigenvalue weighted by molar-refractivity contribution is -0.150. The highest BCUT2D eigenvalue weighted by atomic mass is 127. The number of carbonyl (C=O) groups is 1. The zero-order chi connectivity index (χ0) is 28.4. The summed E-state index contributed by atoms with van der Waals surface area (Å²) in [5, 5.41) is 5.80. The number of para-hydroxylation sites is 1. The van der Waals surface area contributed by atoms with Crippen molar-refractivity contribution in [3.05, 3.63) is 84.6 Å². The number of fused-ring (bicyclic) bond motifs is 2. The van der Waals surface area contributed by atoms with Crippen LogP contribution in [0, 0.1) is 3.57 Å². The highest BCUT2D eigenvalue weighted by molar-refractivity contribution is 14.1. The summed E-state index contributed by atoms with van der Waals surface area (Å²) >= 11 is 5.57. The van der Waals surface area contributed by atoms with Crippen molar-refractivity contribution in [2.24, 2.45) is 5.10 Å². The van der Waals surface area contributed by atoms with E-state index in [0.717, 1.165) is 9.86 Å². The fraction of sp³-hybridized carbons (Fsp3) is 0.172. The maximum Gasteiger partial charge on any atom is 0.347 e. The minimum absolute atomic E-state index is 0.257. The van der Waals surface area contributed by atoms with Gasteiger partial charge >= 0.3 is 5.97 Å². The summed E-state index contributed by atoms with van der Waals surface area (Å²) < 4.78 is 25.3. The smallest absolute Gasteiger partial charge is 0.347 e. The lowest BCUT2D eigenvalue weighted by Crippen LogP contribution is -2.26. The summed E-state index contributed by atoms with van der Waals surface area (Å²) in [6.45, 7) is 3.60. The molecule has 11 heteroatoms. The summed E-state index contributed by atoms with van der Waals surface area (Å²) in [7, 11) is 1.50. The number of hydrogen-bond acceptors (Lipinski definition) is 8. The molecule has 0 aliphatic rings. The van der Waals surface area contributed by atoms with Crippen molar-refractivity contribution in [2.45, 2.75) is 20.0 Å². The van der Waals surface area contributed by atoms with E-state index in [1.54, 1.807) is 44.2 Å². The molecule has 5 rings (SSSR count). The van der Waals surface area contributed by atoms with Gasteiger partial charge in [0.15, 0.2) is 23.4 Å². The zero-order valence-corrected chi connectivity index (χ0v) is 25.4. The molecule has 0 saturated carbocycles. The van der Waals surface area contributed by atoms with E-state index in [-0.39, 0.29) is 18.0 Å². The van der Waals surface area contributed by atoms with Gasteiger partial charge in [-0.2, -0.15) is 9.78 Å². The van der Waals surface area contributed by atoms with Crippen LogP contribution in [0.3, 0.4) is 0 Å². The second-order valence-electron chi connectivity index (χ2n) is 8.65. The van der Waals surface area contributed by atoms with E-state index in [2.05, 4.69) is 43.6 Å². The molecule has 0 radical (unpaired) electrons. The van der Waals surface area contributed by atoms with Gasteiger partial charge in [-0.25, -0.2) is 9.78 Å². The molecule has 0 spiro atoms. The summed E-state index contributed by atoms with van der Waals surface area (Å²) in [5.41, 5.74) is 1.48. The third kappa shape index (κ3) is 5.61. The molecule has 40 heavy (non-hydrogen) atoms. The third-order valence-electron chi connectivity index (χ3n) is 5.94. The van der Waals surface area contributed by atoms with Crippen molar-refractivity contribution in [1.82, 2.24) is 9.66 Å². The Morgan fingerprint density at radius 2 is 2.00 bits per heavy atom. The molecular formula is C29H23BrIN3O6. The Morgan fingerprint density at radius 3 is 2.77 bits per heavy atom. The van der Waals surface area contributed by atoms with Gasteiger partial charge in [0, 0.05) is 9.86 Å². The largest absolute Gasteiger partial charge is 0.493 e. The van der Waals surface area contributed by atoms with Gasteiger partial charge < -0.3 is 18.6 Å². The molecule has 1 atom stereocenters. The quantitative estimate of drug-likeness (QED) is 0.104. The van der Waals surface area contributed by atoms with Gasteiger partial charge in [-0.3, -0.25) is 4.79 Å². The Bertz CT molecular complexity index is 1830. The van der Waals surface area contributed by atoms with E-state index in [1.165, 1.54) is 18.0 Å². The summed E-state index contributed by atoms with van der Waals surface area (Å²) in [6.07, 6.45) is 0.709. The number of rotatable bonds is 8. The Hall–Kier alpha value is -3.71. The number of carbonyl (C=O) groups excluding carboxylic acids is 1. The van der Waals surface area contributed by atoms with Crippen molar-refractivity contribution in [3.63, 3.8) is 0 Å². The van der Waals surface area contributed by atoms with Crippen molar-refractivity contribution in [3.8, 4) is 23.1 Å². The number of esters is 1. The van der Waals surface area contributed by atoms with Gasteiger partial charge in [0.05, 0.1) is 34.4 Å². The van der Waals surface area contributed by atoms with Crippen LogP contribution < -0.4 is 15.0 Å². The van der Waals surface area contributed by atoms with Crippen LogP contribution in [0.25, 0.3) is 33.5 Å². The van der Waals surface area contributed by atoms with E-state index in [9.17, 15) is 9.59 Å². The number of benzene rings is 3. The third-order valence-corrected chi connectivity index (χ3v) is 7.23. The maximum absolute atomic E-state index is 13.6. The van der Waals surface area contributed by atoms with Crippen LogP contribution in [0.15, 0.2) is 79.4 Å². The van der Waals surface area contributed by atoms with Crippen molar-refractivity contribution in [1.29, 1.82) is 0 Å². The lowest BCUT2D eigenvalue weighted by atomic mass is 10.2. The molecule has 9 nitrogen and oxygen atoms in total. The second-order valence-corrected chi connectivity index (χ2v) is 10.7. The van der Waals surface area contributed by atoms with Crippen molar-refractivity contribution in [2.75, 3.05) is 13.7 Å². The average molecular weight is 716 g/mol. The van der Waals surface area contributed by atoms with Crippen molar-refractivity contribution >= 4 is 72.6 Å². The van der Waals surface area contributed by atoms with Gasteiger partial charge in [-0.05, 0) is 90.5 Å². The van der Waals surface area contributed by atoms with Gasteiger partial charge in [0.2, 0.25) is 5.82 Å². The summed E-state index contributed by atoms with van der Waals surface area (Å²) in [4.78, 5) is 30.4. The standard InChI is InChI=1S/C29H23BrIN3O6/c1-4-38-29(36)16(2)39-26-21(31)11-17(12-24(26)37-3)15-32-34-27(33-22-8-6-5-7-20(22)28(34)35)25-14-18-13-19(30)9-10-23(18)40-25/h5-16H,4H2,1-3H3/t16-/m1/s1. The maximum atomic E-state index is 13.6. The summed E-state index contributed by atoms with van der Waals surface area (Å²) in [6, 6.07) is 18.1. The fourth-order valence-electron chi connectivity index (χ4n) is 4.05. The number of methoxy groups -OCH3 is 1. The van der Waals surface area contributed by atoms with Gasteiger partial charge in [-0.1, -0.05) is 28.1 Å². The molecule has 0 aliphatic heterocycles. The Morgan fingerprint density at radius 1 is 1.20 bits per heavy atom. The normalized spacial score (nSPS) is 12.2. The minimum atomic E-state index is -0.823. The van der Waals surface area contributed by atoms with Crippen LogP contribution in [-0.2, 0) is 9.53 Å². The number of furan rings is 1. The first kappa shape index (κ1) is 27.8. The molecule has 3 aromatic carbocycles. The molecular weight excluding hydrogens is 693 g/mol. The number of hydrogen-bond donors (Lipinski definition) is 0. The Balaban J connectivity index is 1.58. The van der Waals surface area contributed by atoms with Crippen LogP contribution in [0.5, 0.6) is 11.5 Å². The highest BCUT2D eigenvalue weighted by Gasteiger charge is 2.21. The molecule has 0 N–H and O–H groups in total. The van der Waals surface area contributed by atoms with Crippen LogP contribution >= 0.6 is 38.5 Å². The van der Waals surface area contributed by atoms with Crippen LogP contribution in [-0.4, -0.2) is 41.7 Å². The van der Waals surface area contributed by atoms with E-state index in [0.29, 0.717) is 42.9 Å². The monoisotopic (exact) mass is 715 g/mol. The SMILES string of the molecule is CCOC(=O)[C@@H](C)Oc1c(I)cc(C=Nn2c(-c3cc4cc(Br)ccc4o3)nc3ccccc3c2=O)cc1OC. The number of nitrogens with zero attached hydrogens (tertiary/aromatic N) is 3. The topological polar surface area (TPSA) is 105 Å². The first-order chi connectivity index (χ1) is 19.3. The molecule has 0 bridgehead atoms. The second kappa shape index (κ2) is 11.8. The fourth-order valence-corrected chi connectivity index (χ4v) is 5.18. The molecule has 0 aliphatic carbocycles. The minimum Gasteiger partial charge on any atom is -0.493 e. The molecule has 0 saturated heterocycles. The van der Waals surface area contributed by atoms with E-state index < -0.39 is 12.1 Å². The van der Waals surface area contributed by atoms with E-state index >= 15 is 0 Å². The van der Waals surface area contributed by atoms with E-state index in [4.69, 9.17) is 23.6 Å². The van der Waals surface area contributed by atoms with Gasteiger partial charge in [0.25, 0.3) is 5.56 Å². The number of halogens is 2. The van der Waals surface area contributed by atoms with Crippen LogP contribution in [0.2, 0.25) is 0 Å². The number of aromatic nitrogens is 2. The zero-order valence-electron chi connectivity index (χ0n) is 21.7. The van der Waals surface area contributed by atoms with Gasteiger partial charge in [0.1, 0.15) is 5.58 Å². The predicted octanol–water partition coefficient (Wildman–Crippen LogP) is 6.40. The Labute approximate surface area is 251 Å². The number of ether oxygens (including phenoxy) is 3. The lowest BCUT2D eigenvalue weighted by Gasteiger charge is -2.17. The molecule has 2 aromatic heterocycles. The van der Waals surface area contributed by atoms with Crippen molar-refractivity contribution < 1.29 is 23.4 Å². The first-order valence-electron chi connectivity index (χ1n) is 12.3. The van der Waals surface area contributed by atoms with Gasteiger partial charge in [-0.15, -0.1) is 0 Å². The molecule has 0 amide bonds. The molecule has 0 fully saturated rings. The average Bonchev–Trinajstić information content (AvgIpc) is 3.36. The molecule has 0 unspecified atom stereocenters. The summed E-state index contributed by atoms with van der Waals surface area (Å²) in [5.74, 6) is 0.991. The Kier molecular flexibility index (Phi) is 8.22. The molecule has 2 heterocycles. The predicted molar refractivity (Wildman–Crippen MR) is 164 cm³/mol. The molecule has 5 aromatic rings. The molecule has 204 valence electrons. The highest BCUT2D eigenvalue weighted by Crippen LogP contribution is 2.35.